The van der Waals surface area contributed by atoms with Crippen molar-refractivity contribution >= 4 is 17.5 Å². The first kappa shape index (κ1) is 16.2. The smallest absolute Gasteiger partial charge is 0.313 e. The molecule has 0 fully saturated rings. The quantitative estimate of drug-likeness (QED) is 0.713. The highest BCUT2D eigenvalue weighted by Gasteiger charge is 2.14. The minimum atomic E-state index is -0.699. The van der Waals surface area contributed by atoms with E-state index in [2.05, 4.69) is 10.6 Å². The third-order valence-electron chi connectivity index (χ3n) is 2.98. The monoisotopic (exact) mass is 278 g/mol. The predicted octanol–water partition coefficient (Wildman–Crippen LogP) is 1.46. The second kappa shape index (κ2) is 7.65. The van der Waals surface area contributed by atoms with Gasteiger partial charge in [-0.15, -0.1) is 0 Å². The lowest BCUT2D eigenvalue weighted by molar-refractivity contribution is -0.136. The Morgan fingerprint density at radius 1 is 1.25 bits per heavy atom. The first-order chi connectivity index (χ1) is 9.40. The maximum absolute atomic E-state index is 11.6. The van der Waals surface area contributed by atoms with Gasteiger partial charge in [0.2, 0.25) is 0 Å². The number of hydrogen-bond donors (Lipinski definition) is 3. The van der Waals surface area contributed by atoms with Gasteiger partial charge in [0.25, 0.3) is 0 Å². The highest BCUT2D eigenvalue weighted by molar-refractivity contribution is 6.39. The van der Waals surface area contributed by atoms with Crippen molar-refractivity contribution in [1.82, 2.24) is 5.32 Å². The van der Waals surface area contributed by atoms with Crippen molar-refractivity contribution in [2.45, 2.75) is 33.3 Å². The van der Waals surface area contributed by atoms with Crippen molar-refractivity contribution in [3.05, 3.63) is 29.8 Å². The molecular formula is C15H22N2O3. The molecule has 1 atom stereocenters. The minimum Gasteiger partial charge on any atom is -0.393 e. The average molecular weight is 278 g/mol. The molecule has 5 nitrogen and oxygen atoms in total. The highest BCUT2D eigenvalue weighted by Crippen LogP contribution is 2.09. The summed E-state index contributed by atoms with van der Waals surface area (Å²) in [6.45, 7) is 5.98. The Labute approximate surface area is 119 Å². The Morgan fingerprint density at radius 2 is 1.95 bits per heavy atom. The largest absolute Gasteiger partial charge is 0.393 e. The summed E-state index contributed by atoms with van der Waals surface area (Å²) in [5.41, 5.74) is 1.59. The van der Waals surface area contributed by atoms with E-state index < -0.39 is 17.9 Å². The van der Waals surface area contributed by atoms with Gasteiger partial charge < -0.3 is 15.7 Å². The number of carbonyl (C=O) groups is 2. The molecule has 0 bridgehead atoms. The summed E-state index contributed by atoms with van der Waals surface area (Å²) < 4.78 is 0. The maximum atomic E-state index is 11.6. The Hall–Kier alpha value is -1.88. The molecule has 110 valence electrons. The van der Waals surface area contributed by atoms with E-state index in [1.54, 1.807) is 12.1 Å². The third-order valence-corrected chi connectivity index (χ3v) is 2.98. The van der Waals surface area contributed by atoms with E-state index in [0.717, 1.165) is 5.56 Å². The van der Waals surface area contributed by atoms with Crippen LogP contribution in [0.2, 0.25) is 0 Å². The molecule has 0 aromatic heterocycles. The number of hydrogen-bond acceptors (Lipinski definition) is 3. The molecule has 5 heteroatoms. The number of aryl methyl sites for hydroxylation is 1. The van der Waals surface area contributed by atoms with Crippen molar-refractivity contribution in [3.63, 3.8) is 0 Å². The van der Waals surface area contributed by atoms with Crippen LogP contribution < -0.4 is 10.6 Å². The van der Waals surface area contributed by atoms with Gasteiger partial charge in [0.15, 0.2) is 0 Å². The van der Waals surface area contributed by atoms with Crippen molar-refractivity contribution in [3.8, 4) is 0 Å². The van der Waals surface area contributed by atoms with E-state index in [-0.39, 0.29) is 12.5 Å². The van der Waals surface area contributed by atoms with Crippen molar-refractivity contribution < 1.29 is 14.7 Å². The molecule has 1 aromatic rings. The van der Waals surface area contributed by atoms with Crippen LogP contribution in [-0.2, 0) is 9.59 Å². The lowest BCUT2D eigenvalue weighted by Crippen LogP contribution is -2.37. The first-order valence-electron chi connectivity index (χ1n) is 6.74. The number of aliphatic hydroxyl groups excluding tert-OH is 1. The fourth-order valence-corrected chi connectivity index (χ4v) is 1.66. The molecular weight excluding hydrogens is 256 g/mol. The normalized spacial score (nSPS) is 12.1. The van der Waals surface area contributed by atoms with Crippen LogP contribution in [0.3, 0.4) is 0 Å². The van der Waals surface area contributed by atoms with E-state index in [9.17, 15) is 14.7 Å². The third kappa shape index (κ3) is 5.40. The van der Waals surface area contributed by atoms with E-state index in [0.29, 0.717) is 12.1 Å². The van der Waals surface area contributed by atoms with Crippen LogP contribution in [0.4, 0.5) is 5.69 Å². The molecule has 0 spiro atoms. The highest BCUT2D eigenvalue weighted by atomic mass is 16.3. The lowest BCUT2D eigenvalue weighted by atomic mass is 10.0. The summed E-state index contributed by atoms with van der Waals surface area (Å²) in [7, 11) is 0. The van der Waals surface area contributed by atoms with E-state index in [4.69, 9.17) is 0 Å². The van der Waals surface area contributed by atoms with Gasteiger partial charge in [-0.1, -0.05) is 26.0 Å². The molecule has 0 heterocycles. The standard InChI is InChI=1S/C15H22N2O3/c1-10(2)13(18)7-8-16-14(19)15(20)17-12-6-4-5-11(3)9-12/h4-6,9-10,13,18H,7-8H2,1-3H3,(H,16,19)(H,17,20). The van der Waals surface area contributed by atoms with Crippen LogP contribution in [0.5, 0.6) is 0 Å². The van der Waals surface area contributed by atoms with Crippen LogP contribution in [0.25, 0.3) is 0 Å². The van der Waals surface area contributed by atoms with Crippen molar-refractivity contribution in [1.29, 1.82) is 0 Å². The summed E-state index contributed by atoms with van der Waals surface area (Å²) >= 11 is 0. The Kier molecular flexibility index (Phi) is 6.18. The number of rotatable bonds is 5. The number of carbonyl (C=O) groups excluding carboxylic acids is 2. The van der Waals surface area contributed by atoms with Gasteiger partial charge in [-0.2, -0.15) is 0 Å². The van der Waals surface area contributed by atoms with Gasteiger partial charge in [0, 0.05) is 12.2 Å². The number of anilines is 1. The van der Waals surface area contributed by atoms with E-state index in [1.807, 2.05) is 32.9 Å². The number of benzene rings is 1. The molecule has 2 amide bonds. The molecule has 0 radical (unpaired) electrons. The zero-order valence-corrected chi connectivity index (χ0v) is 12.1. The summed E-state index contributed by atoms with van der Waals surface area (Å²) in [6, 6.07) is 7.22. The Morgan fingerprint density at radius 3 is 2.55 bits per heavy atom. The molecule has 0 aliphatic rings. The molecule has 0 aliphatic carbocycles. The summed E-state index contributed by atoms with van der Waals surface area (Å²) in [6.07, 6.45) is -0.0450. The lowest BCUT2D eigenvalue weighted by Gasteiger charge is -2.14. The number of amides is 2. The van der Waals surface area contributed by atoms with Gasteiger partial charge in [0.1, 0.15) is 0 Å². The second-order valence-electron chi connectivity index (χ2n) is 5.18. The Bertz CT molecular complexity index is 472. The van der Waals surface area contributed by atoms with Crippen LogP contribution in [0.1, 0.15) is 25.8 Å². The molecule has 0 saturated heterocycles. The number of nitrogens with one attached hydrogen (secondary N) is 2. The molecule has 3 N–H and O–H groups in total. The fourth-order valence-electron chi connectivity index (χ4n) is 1.66. The number of aliphatic hydroxyl groups is 1. The zero-order chi connectivity index (χ0) is 15.1. The van der Waals surface area contributed by atoms with Crippen LogP contribution >= 0.6 is 0 Å². The Balaban J connectivity index is 2.38. The SMILES string of the molecule is Cc1cccc(NC(=O)C(=O)NCCC(O)C(C)C)c1. The second-order valence-corrected chi connectivity index (χ2v) is 5.18. The van der Waals surface area contributed by atoms with Crippen LogP contribution in [-0.4, -0.2) is 29.6 Å². The van der Waals surface area contributed by atoms with E-state index in [1.165, 1.54) is 0 Å². The zero-order valence-electron chi connectivity index (χ0n) is 12.1. The van der Waals surface area contributed by atoms with Gasteiger partial charge in [-0.05, 0) is 37.0 Å². The summed E-state index contributed by atoms with van der Waals surface area (Å²) in [5, 5.41) is 14.6. The van der Waals surface area contributed by atoms with Gasteiger partial charge in [-0.25, -0.2) is 0 Å². The van der Waals surface area contributed by atoms with E-state index >= 15 is 0 Å². The maximum Gasteiger partial charge on any atom is 0.313 e. The van der Waals surface area contributed by atoms with Crippen molar-refractivity contribution in [2.24, 2.45) is 5.92 Å². The molecule has 0 aliphatic heterocycles. The molecule has 1 unspecified atom stereocenters. The predicted molar refractivity (Wildman–Crippen MR) is 78.3 cm³/mol. The molecule has 0 saturated carbocycles. The topological polar surface area (TPSA) is 78.4 Å². The van der Waals surface area contributed by atoms with Gasteiger partial charge >= 0.3 is 11.8 Å². The van der Waals surface area contributed by atoms with Gasteiger partial charge in [-0.3, -0.25) is 9.59 Å². The molecule has 20 heavy (non-hydrogen) atoms. The average Bonchev–Trinajstić information content (AvgIpc) is 2.38. The van der Waals surface area contributed by atoms with Crippen LogP contribution in [0, 0.1) is 12.8 Å². The molecule has 1 rings (SSSR count). The minimum absolute atomic E-state index is 0.132. The summed E-state index contributed by atoms with van der Waals surface area (Å²) in [4.78, 5) is 23.2. The first-order valence-corrected chi connectivity index (χ1v) is 6.74. The fraction of sp³-hybridized carbons (Fsp3) is 0.467. The van der Waals surface area contributed by atoms with Crippen molar-refractivity contribution in [2.75, 3.05) is 11.9 Å². The molecule has 1 aromatic carbocycles. The van der Waals surface area contributed by atoms with Gasteiger partial charge in [0.05, 0.1) is 6.10 Å². The van der Waals surface area contributed by atoms with Crippen LogP contribution in [0.15, 0.2) is 24.3 Å². The summed E-state index contributed by atoms with van der Waals surface area (Å²) in [5.74, 6) is -1.26.